The normalized spacial score (nSPS) is 12.0. The van der Waals surface area contributed by atoms with Crippen LogP contribution in [0.5, 0.6) is 0 Å². The van der Waals surface area contributed by atoms with Gasteiger partial charge in [0.05, 0.1) is 5.52 Å². The van der Waals surface area contributed by atoms with Crippen LogP contribution in [0, 0.1) is 0 Å². The zero-order valence-corrected chi connectivity index (χ0v) is 19.8. The van der Waals surface area contributed by atoms with E-state index in [0.29, 0.717) is 0 Å². The molecular formula is C33H27N. The first-order valence-electron chi connectivity index (χ1n) is 11.9. The van der Waals surface area contributed by atoms with Gasteiger partial charge in [0.1, 0.15) is 0 Å². The van der Waals surface area contributed by atoms with E-state index in [1.54, 1.807) is 0 Å². The van der Waals surface area contributed by atoms with Crippen molar-refractivity contribution in [1.29, 1.82) is 0 Å². The molecule has 6 aromatic rings. The van der Waals surface area contributed by atoms with Gasteiger partial charge in [0, 0.05) is 17.1 Å². The highest BCUT2D eigenvalue weighted by Crippen LogP contribution is 2.44. The van der Waals surface area contributed by atoms with E-state index in [1.165, 1.54) is 54.7 Å². The fourth-order valence-corrected chi connectivity index (χ4v) is 5.16. The fourth-order valence-electron chi connectivity index (χ4n) is 5.16. The summed E-state index contributed by atoms with van der Waals surface area (Å²) in [6.07, 6.45) is 1.91. The third kappa shape index (κ3) is 3.28. The molecule has 34 heavy (non-hydrogen) atoms. The van der Waals surface area contributed by atoms with Gasteiger partial charge in [-0.25, -0.2) is 0 Å². The minimum atomic E-state index is 0.127. The first-order chi connectivity index (χ1) is 16.5. The number of benzene rings is 5. The average Bonchev–Trinajstić information content (AvgIpc) is 2.86. The quantitative estimate of drug-likeness (QED) is 0.246. The van der Waals surface area contributed by atoms with E-state index in [1.807, 2.05) is 6.20 Å². The van der Waals surface area contributed by atoms with Crippen molar-refractivity contribution in [2.45, 2.75) is 26.2 Å². The summed E-state index contributed by atoms with van der Waals surface area (Å²) in [6.45, 7) is 6.78. The Bertz CT molecular complexity index is 1610. The molecule has 0 radical (unpaired) electrons. The molecule has 0 saturated carbocycles. The fraction of sp³-hybridized carbons (Fsp3) is 0.121. The summed E-state index contributed by atoms with van der Waals surface area (Å²) in [5.41, 5.74) is 7.44. The molecule has 1 nitrogen and oxygen atoms in total. The molecule has 0 bridgehead atoms. The van der Waals surface area contributed by atoms with Crippen LogP contribution in [0.3, 0.4) is 0 Å². The lowest BCUT2D eigenvalue weighted by Gasteiger charge is -2.21. The molecule has 0 unspecified atom stereocenters. The molecule has 5 aromatic carbocycles. The Labute approximate surface area is 200 Å². The largest absolute Gasteiger partial charge is 0.256 e. The van der Waals surface area contributed by atoms with E-state index in [2.05, 4.69) is 124 Å². The van der Waals surface area contributed by atoms with Crippen molar-refractivity contribution in [2.24, 2.45) is 0 Å². The maximum Gasteiger partial charge on any atom is 0.0793 e. The van der Waals surface area contributed by atoms with E-state index >= 15 is 0 Å². The first-order valence-corrected chi connectivity index (χ1v) is 11.9. The van der Waals surface area contributed by atoms with E-state index in [-0.39, 0.29) is 5.41 Å². The molecular weight excluding hydrogens is 410 g/mol. The third-order valence-corrected chi connectivity index (χ3v) is 6.88. The molecule has 0 saturated heterocycles. The summed E-state index contributed by atoms with van der Waals surface area (Å²) in [5, 5.41) is 6.18. The smallest absolute Gasteiger partial charge is 0.0793 e. The van der Waals surface area contributed by atoms with Gasteiger partial charge in [-0.2, -0.15) is 0 Å². The van der Waals surface area contributed by atoms with Crippen LogP contribution in [0.25, 0.3) is 54.7 Å². The summed E-state index contributed by atoms with van der Waals surface area (Å²) in [6, 6.07) is 37.3. The van der Waals surface area contributed by atoms with Crippen molar-refractivity contribution < 1.29 is 0 Å². The molecule has 0 amide bonds. The van der Waals surface area contributed by atoms with E-state index in [4.69, 9.17) is 4.98 Å². The molecule has 1 heterocycles. The van der Waals surface area contributed by atoms with Gasteiger partial charge in [-0.3, -0.25) is 4.98 Å². The Balaban J connectivity index is 1.73. The number of nitrogens with zero attached hydrogens (tertiary/aromatic N) is 1. The standard InChI is InChI=1S/C33H27N/c1-33(2,3)24-19-17-23(18-20-24)30-27-13-6-7-14-28(27)31(32-29(30)16-9-21-34-32)26-15-8-11-22-10-4-5-12-25(22)26/h4-21H,1-3H3. The number of pyridine rings is 1. The zero-order valence-electron chi connectivity index (χ0n) is 19.8. The number of fused-ring (bicyclic) bond motifs is 3. The Hall–Kier alpha value is -3.97. The summed E-state index contributed by atoms with van der Waals surface area (Å²) < 4.78 is 0. The Morgan fingerprint density at radius 3 is 1.88 bits per heavy atom. The Kier molecular flexibility index (Phi) is 4.74. The zero-order chi connectivity index (χ0) is 23.3. The van der Waals surface area contributed by atoms with Crippen LogP contribution < -0.4 is 0 Å². The average molecular weight is 438 g/mol. The van der Waals surface area contributed by atoms with Gasteiger partial charge in [-0.1, -0.05) is 118 Å². The van der Waals surface area contributed by atoms with Crippen LogP contribution in [-0.4, -0.2) is 4.98 Å². The van der Waals surface area contributed by atoms with E-state index in [0.717, 1.165) is 5.52 Å². The molecule has 164 valence electrons. The number of rotatable bonds is 2. The highest BCUT2D eigenvalue weighted by molar-refractivity contribution is 6.22. The van der Waals surface area contributed by atoms with Gasteiger partial charge in [0.2, 0.25) is 0 Å². The van der Waals surface area contributed by atoms with Crippen LogP contribution in [0.2, 0.25) is 0 Å². The molecule has 0 fully saturated rings. The minimum absolute atomic E-state index is 0.127. The van der Waals surface area contributed by atoms with Crippen molar-refractivity contribution in [3.8, 4) is 22.3 Å². The predicted molar refractivity (Wildman–Crippen MR) is 146 cm³/mol. The lowest BCUT2D eigenvalue weighted by Crippen LogP contribution is -2.10. The molecule has 0 atom stereocenters. The van der Waals surface area contributed by atoms with Crippen LogP contribution in [-0.2, 0) is 5.41 Å². The van der Waals surface area contributed by atoms with Gasteiger partial charge in [0.25, 0.3) is 0 Å². The summed E-state index contributed by atoms with van der Waals surface area (Å²) in [5.74, 6) is 0. The highest BCUT2D eigenvalue weighted by atomic mass is 14.7. The molecule has 0 N–H and O–H groups in total. The van der Waals surface area contributed by atoms with Gasteiger partial charge in [-0.05, 0) is 55.3 Å². The van der Waals surface area contributed by atoms with Crippen molar-refractivity contribution in [3.05, 3.63) is 115 Å². The van der Waals surface area contributed by atoms with Crippen molar-refractivity contribution >= 4 is 32.4 Å². The number of hydrogen-bond acceptors (Lipinski definition) is 1. The van der Waals surface area contributed by atoms with Gasteiger partial charge in [-0.15, -0.1) is 0 Å². The minimum Gasteiger partial charge on any atom is -0.256 e. The maximum absolute atomic E-state index is 4.96. The Morgan fingerprint density at radius 1 is 0.529 bits per heavy atom. The number of aromatic nitrogens is 1. The van der Waals surface area contributed by atoms with Crippen LogP contribution in [0.15, 0.2) is 109 Å². The summed E-state index contributed by atoms with van der Waals surface area (Å²) in [4.78, 5) is 4.96. The molecule has 0 aliphatic heterocycles. The van der Waals surface area contributed by atoms with E-state index < -0.39 is 0 Å². The topological polar surface area (TPSA) is 12.9 Å². The second-order valence-electron chi connectivity index (χ2n) is 10.0. The van der Waals surface area contributed by atoms with Crippen molar-refractivity contribution in [1.82, 2.24) is 4.98 Å². The molecule has 0 aliphatic carbocycles. The third-order valence-electron chi connectivity index (χ3n) is 6.88. The maximum atomic E-state index is 4.96. The van der Waals surface area contributed by atoms with Crippen LogP contribution >= 0.6 is 0 Å². The van der Waals surface area contributed by atoms with Crippen molar-refractivity contribution in [3.63, 3.8) is 0 Å². The lowest BCUT2D eigenvalue weighted by molar-refractivity contribution is 0.590. The van der Waals surface area contributed by atoms with Crippen molar-refractivity contribution in [2.75, 3.05) is 0 Å². The Morgan fingerprint density at radius 2 is 1.15 bits per heavy atom. The monoisotopic (exact) mass is 437 g/mol. The molecule has 6 rings (SSSR count). The lowest BCUT2D eigenvalue weighted by atomic mass is 9.84. The van der Waals surface area contributed by atoms with E-state index in [9.17, 15) is 0 Å². The molecule has 1 aromatic heterocycles. The highest BCUT2D eigenvalue weighted by Gasteiger charge is 2.19. The van der Waals surface area contributed by atoms with Gasteiger partial charge in [0.15, 0.2) is 0 Å². The molecule has 0 aliphatic rings. The van der Waals surface area contributed by atoms with Gasteiger partial charge < -0.3 is 0 Å². The number of hydrogen-bond donors (Lipinski definition) is 0. The summed E-state index contributed by atoms with van der Waals surface area (Å²) in [7, 11) is 0. The van der Waals surface area contributed by atoms with Gasteiger partial charge >= 0.3 is 0 Å². The van der Waals surface area contributed by atoms with Crippen LogP contribution in [0.4, 0.5) is 0 Å². The molecule has 0 spiro atoms. The van der Waals surface area contributed by atoms with Crippen LogP contribution in [0.1, 0.15) is 26.3 Å². The SMILES string of the molecule is CC(C)(C)c1ccc(-c2c3ccccc3c(-c3cccc4ccccc34)c3ncccc23)cc1. The first kappa shape index (κ1) is 20.6. The predicted octanol–water partition coefficient (Wildman–Crippen LogP) is 9.17. The summed E-state index contributed by atoms with van der Waals surface area (Å²) >= 11 is 0. The second-order valence-corrected chi connectivity index (χ2v) is 10.0. The molecule has 1 heteroatoms. The second kappa shape index (κ2) is 7.81.